The van der Waals surface area contributed by atoms with Gasteiger partial charge in [-0.2, -0.15) is 0 Å². The van der Waals surface area contributed by atoms with E-state index in [0.29, 0.717) is 0 Å². The molecule has 2 fully saturated rings. The van der Waals surface area contributed by atoms with Crippen LogP contribution in [0.15, 0.2) is 0 Å². The van der Waals surface area contributed by atoms with Crippen LogP contribution in [0.25, 0.3) is 0 Å². The first-order valence-corrected chi connectivity index (χ1v) is 6.13. The summed E-state index contributed by atoms with van der Waals surface area (Å²) in [6.45, 7) is 8.03. The van der Waals surface area contributed by atoms with E-state index in [4.69, 9.17) is 0 Å². The van der Waals surface area contributed by atoms with Gasteiger partial charge >= 0.3 is 0 Å². The minimum atomic E-state index is 0.171. The zero-order chi connectivity index (χ0) is 10.9. The molecule has 3 nitrogen and oxygen atoms in total. The van der Waals surface area contributed by atoms with Gasteiger partial charge in [0.25, 0.3) is 0 Å². The lowest BCUT2D eigenvalue weighted by atomic mass is 9.86. The van der Waals surface area contributed by atoms with E-state index in [9.17, 15) is 4.79 Å². The highest BCUT2D eigenvalue weighted by atomic mass is 16.2. The first kappa shape index (κ1) is 10.9. The maximum atomic E-state index is 11.3. The maximum absolute atomic E-state index is 11.3. The van der Waals surface area contributed by atoms with Crippen LogP contribution >= 0.6 is 0 Å². The van der Waals surface area contributed by atoms with E-state index in [-0.39, 0.29) is 11.4 Å². The second-order valence-corrected chi connectivity index (χ2v) is 5.52. The predicted molar refractivity (Wildman–Crippen MR) is 60.6 cm³/mol. The van der Waals surface area contributed by atoms with Crippen LogP contribution in [0.5, 0.6) is 0 Å². The molecule has 1 amide bonds. The molecule has 0 saturated carbocycles. The normalized spacial score (nSPS) is 26.2. The number of likely N-dealkylation sites (tertiary alicyclic amines) is 1. The summed E-state index contributed by atoms with van der Waals surface area (Å²) in [6, 6.07) is 0. The highest BCUT2D eigenvalue weighted by Gasteiger charge is 2.39. The van der Waals surface area contributed by atoms with Gasteiger partial charge in [-0.1, -0.05) is 13.8 Å². The number of carbonyl (C=O) groups is 1. The fraction of sp³-hybridized carbons (Fsp3) is 0.917. The molecule has 0 radical (unpaired) electrons. The number of rotatable bonds is 2. The quantitative estimate of drug-likeness (QED) is 0.747. The number of nitrogens with zero attached hydrogens (tertiary/aromatic N) is 1. The number of carbonyl (C=O) groups excluding carboxylic acids is 1. The van der Waals surface area contributed by atoms with E-state index < -0.39 is 0 Å². The lowest BCUT2D eigenvalue weighted by Gasteiger charge is -2.39. The third-order valence-electron chi connectivity index (χ3n) is 3.67. The Morgan fingerprint density at radius 3 is 2.47 bits per heavy atom. The topological polar surface area (TPSA) is 32.3 Å². The molecule has 0 aromatic carbocycles. The summed E-state index contributed by atoms with van der Waals surface area (Å²) in [5, 5.41) is 3.18. The second-order valence-electron chi connectivity index (χ2n) is 5.52. The van der Waals surface area contributed by atoms with Crippen LogP contribution < -0.4 is 5.32 Å². The van der Waals surface area contributed by atoms with Crippen molar-refractivity contribution in [3.63, 3.8) is 0 Å². The summed E-state index contributed by atoms with van der Waals surface area (Å²) < 4.78 is 0. The van der Waals surface area contributed by atoms with E-state index in [0.717, 1.165) is 44.7 Å². The minimum absolute atomic E-state index is 0.171. The average Bonchev–Trinajstić information content (AvgIpc) is 2.52. The fourth-order valence-electron chi connectivity index (χ4n) is 2.83. The Kier molecular flexibility index (Phi) is 3.01. The molecular formula is C12H22N2O. The van der Waals surface area contributed by atoms with E-state index in [1.807, 2.05) is 0 Å². The van der Waals surface area contributed by atoms with Crippen molar-refractivity contribution in [2.75, 3.05) is 19.6 Å². The smallest absolute Gasteiger partial charge is 0.220 e. The summed E-state index contributed by atoms with van der Waals surface area (Å²) in [7, 11) is 0. The number of amides is 1. The highest BCUT2D eigenvalue weighted by Crippen LogP contribution is 2.31. The number of nitrogens with one attached hydrogen (secondary N) is 1. The van der Waals surface area contributed by atoms with Crippen LogP contribution in [0, 0.1) is 5.92 Å². The molecule has 2 heterocycles. The summed E-state index contributed by atoms with van der Waals surface area (Å²) in [6.07, 6.45) is 4.09. The molecule has 2 aliphatic heterocycles. The maximum Gasteiger partial charge on any atom is 0.220 e. The molecule has 0 aliphatic carbocycles. The standard InChI is InChI=1S/C12H22N2O/c1-10(2)9-14-7-5-12(6-8-14)4-3-11(15)13-12/h10H,3-9H2,1-2H3,(H,13,15). The number of piperidine rings is 1. The van der Waals surface area contributed by atoms with Gasteiger partial charge in [0.1, 0.15) is 0 Å². The molecule has 2 saturated heterocycles. The van der Waals surface area contributed by atoms with Gasteiger partial charge in [0.05, 0.1) is 0 Å². The minimum Gasteiger partial charge on any atom is -0.351 e. The van der Waals surface area contributed by atoms with Crippen molar-refractivity contribution in [1.82, 2.24) is 10.2 Å². The van der Waals surface area contributed by atoms with Gasteiger partial charge in [0.2, 0.25) is 5.91 Å². The molecule has 0 atom stereocenters. The van der Waals surface area contributed by atoms with Crippen molar-refractivity contribution >= 4 is 5.91 Å². The molecule has 86 valence electrons. The molecule has 0 unspecified atom stereocenters. The molecule has 2 aliphatic rings. The van der Waals surface area contributed by atoms with Gasteiger partial charge in [-0.15, -0.1) is 0 Å². The van der Waals surface area contributed by atoms with Crippen molar-refractivity contribution in [2.45, 2.75) is 45.1 Å². The van der Waals surface area contributed by atoms with Crippen LogP contribution in [-0.4, -0.2) is 36.0 Å². The Hall–Kier alpha value is -0.570. The summed E-state index contributed by atoms with van der Waals surface area (Å²) >= 11 is 0. The van der Waals surface area contributed by atoms with E-state index in [1.165, 1.54) is 6.54 Å². The van der Waals surface area contributed by atoms with Gasteiger partial charge in [-0.25, -0.2) is 0 Å². The molecule has 0 bridgehead atoms. The van der Waals surface area contributed by atoms with Crippen molar-refractivity contribution in [1.29, 1.82) is 0 Å². The van der Waals surface area contributed by atoms with E-state index >= 15 is 0 Å². The van der Waals surface area contributed by atoms with Gasteiger partial charge in [-0.05, 0) is 25.2 Å². The van der Waals surface area contributed by atoms with Crippen molar-refractivity contribution in [3.8, 4) is 0 Å². The van der Waals surface area contributed by atoms with Crippen LogP contribution in [0.1, 0.15) is 39.5 Å². The number of hydrogen-bond acceptors (Lipinski definition) is 2. The van der Waals surface area contributed by atoms with Crippen LogP contribution in [0.2, 0.25) is 0 Å². The van der Waals surface area contributed by atoms with Crippen LogP contribution in [-0.2, 0) is 4.79 Å². The molecule has 2 rings (SSSR count). The Morgan fingerprint density at radius 1 is 1.33 bits per heavy atom. The fourth-order valence-corrected chi connectivity index (χ4v) is 2.83. The summed E-state index contributed by atoms with van der Waals surface area (Å²) in [5.41, 5.74) is 0.171. The van der Waals surface area contributed by atoms with Gasteiger partial charge < -0.3 is 10.2 Å². The third-order valence-corrected chi connectivity index (χ3v) is 3.67. The SMILES string of the molecule is CC(C)CN1CCC2(CCC(=O)N2)CC1. The second kappa shape index (κ2) is 4.12. The molecule has 1 N–H and O–H groups in total. The zero-order valence-electron chi connectivity index (χ0n) is 9.88. The Labute approximate surface area is 92.2 Å². The zero-order valence-corrected chi connectivity index (χ0v) is 9.88. The molecular weight excluding hydrogens is 188 g/mol. The van der Waals surface area contributed by atoms with E-state index in [1.54, 1.807) is 0 Å². The first-order valence-electron chi connectivity index (χ1n) is 6.13. The predicted octanol–water partition coefficient (Wildman–Crippen LogP) is 1.39. The highest BCUT2D eigenvalue weighted by molar-refractivity contribution is 5.79. The molecule has 0 aromatic rings. The third kappa shape index (κ3) is 2.51. The van der Waals surface area contributed by atoms with Crippen molar-refractivity contribution in [3.05, 3.63) is 0 Å². The van der Waals surface area contributed by atoms with Gasteiger partial charge in [0, 0.05) is 31.6 Å². The Bertz CT molecular complexity index is 242. The van der Waals surface area contributed by atoms with Crippen molar-refractivity contribution < 1.29 is 4.79 Å². The summed E-state index contributed by atoms with van der Waals surface area (Å²) in [5.74, 6) is 1.00. The van der Waals surface area contributed by atoms with Crippen molar-refractivity contribution in [2.24, 2.45) is 5.92 Å². The molecule has 1 spiro atoms. The Balaban J connectivity index is 1.84. The first-order chi connectivity index (χ1) is 7.10. The number of hydrogen-bond donors (Lipinski definition) is 1. The van der Waals surface area contributed by atoms with Crippen LogP contribution in [0.4, 0.5) is 0 Å². The average molecular weight is 210 g/mol. The molecule has 3 heteroatoms. The van der Waals surface area contributed by atoms with E-state index in [2.05, 4.69) is 24.1 Å². The summed E-state index contributed by atoms with van der Waals surface area (Å²) in [4.78, 5) is 13.8. The largest absolute Gasteiger partial charge is 0.351 e. The molecule has 15 heavy (non-hydrogen) atoms. The lowest BCUT2D eigenvalue weighted by molar-refractivity contribution is -0.120. The molecule has 0 aromatic heterocycles. The Morgan fingerprint density at radius 2 is 2.00 bits per heavy atom. The van der Waals surface area contributed by atoms with Crippen LogP contribution in [0.3, 0.4) is 0 Å². The van der Waals surface area contributed by atoms with Gasteiger partial charge in [0.15, 0.2) is 0 Å². The van der Waals surface area contributed by atoms with Gasteiger partial charge in [-0.3, -0.25) is 4.79 Å². The lowest BCUT2D eigenvalue weighted by Crippen LogP contribution is -2.51. The monoisotopic (exact) mass is 210 g/mol.